The maximum absolute atomic E-state index is 11.9. The summed E-state index contributed by atoms with van der Waals surface area (Å²) in [6, 6.07) is 9.28. The molecule has 0 unspecified atom stereocenters. The zero-order chi connectivity index (χ0) is 9.97. The van der Waals surface area contributed by atoms with E-state index in [9.17, 15) is 4.79 Å². The number of carbonyl (C=O) groups excluding carboxylic acids is 1. The van der Waals surface area contributed by atoms with Gasteiger partial charge in [-0.1, -0.05) is 30.3 Å². The van der Waals surface area contributed by atoms with Crippen LogP contribution in [0.15, 0.2) is 40.9 Å². The fourth-order valence-corrected chi connectivity index (χ4v) is 2.36. The third kappa shape index (κ3) is 1.68. The van der Waals surface area contributed by atoms with Crippen molar-refractivity contribution >= 4 is 17.5 Å². The van der Waals surface area contributed by atoms with Gasteiger partial charge in [-0.15, -0.1) is 11.8 Å². The molecule has 0 saturated carbocycles. The first-order chi connectivity index (χ1) is 6.79. The van der Waals surface area contributed by atoms with Crippen LogP contribution in [0.3, 0.4) is 0 Å². The van der Waals surface area contributed by atoms with E-state index in [4.69, 9.17) is 5.73 Å². The molecule has 1 aliphatic rings. The molecule has 72 valence electrons. The smallest absolute Gasteiger partial charge is 0.191 e. The Bertz CT molecular complexity index is 384. The number of hydrogen-bond donors (Lipinski definition) is 1. The Hall–Kier alpha value is -1.22. The van der Waals surface area contributed by atoms with Crippen LogP contribution in [-0.4, -0.2) is 11.5 Å². The van der Waals surface area contributed by atoms with E-state index in [1.54, 1.807) is 11.8 Å². The van der Waals surface area contributed by atoms with Crippen LogP contribution in [-0.2, 0) is 0 Å². The molecule has 0 spiro atoms. The number of Topliss-reactive ketones (excluding diaryl/α,β-unsaturated/α-hetero) is 1. The number of hydrogen-bond acceptors (Lipinski definition) is 3. The van der Waals surface area contributed by atoms with Crippen molar-refractivity contribution in [2.75, 3.05) is 5.75 Å². The van der Waals surface area contributed by atoms with Gasteiger partial charge in [-0.05, 0) is 6.42 Å². The molecule has 2 N–H and O–H groups in total. The average Bonchev–Trinajstić information content (AvgIpc) is 2.65. The van der Waals surface area contributed by atoms with E-state index in [1.807, 2.05) is 30.3 Å². The van der Waals surface area contributed by atoms with Gasteiger partial charge in [0.05, 0.1) is 5.03 Å². The van der Waals surface area contributed by atoms with E-state index in [-0.39, 0.29) is 5.78 Å². The van der Waals surface area contributed by atoms with Crippen LogP contribution in [0.5, 0.6) is 0 Å². The SMILES string of the molecule is NC1=C(C(=O)c2ccccc2)CCS1. The molecule has 0 bridgehead atoms. The van der Waals surface area contributed by atoms with Crippen molar-refractivity contribution in [2.24, 2.45) is 5.73 Å². The molecule has 2 rings (SSSR count). The number of nitrogens with two attached hydrogens (primary N) is 1. The minimum Gasteiger partial charge on any atom is -0.393 e. The summed E-state index contributed by atoms with van der Waals surface area (Å²) in [5, 5.41) is 0.693. The van der Waals surface area contributed by atoms with Crippen molar-refractivity contribution < 1.29 is 4.79 Å². The van der Waals surface area contributed by atoms with Gasteiger partial charge in [0.25, 0.3) is 0 Å². The summed E-state index contributed by atoms with van der Waals surface area (Å²) in [6.45, 7) is 0. The molecule has 0 amide bonds. The van der Waals surface area contributed by atoms with Gasteiger partial charge < -0.3 is 5.73 Å². The molecule has 0 atom stereocenters. The molecular weight excluding hydrogens is 194 g/mol. The Balaban J connectivity index is 2.29. The standard InChI is InChI=1S/C11H11NOS/c12-11-9(6-7-14-11)10(13)8-4-2-1-3-5-8/h1-5H,6-7,12H2. The molecule has 0 radical (unpaired) electrons. The van der Waals surface area contributed by atoms with Crippen LogP contribution < -0.4 is 5.73 Å². The predicted molar refractivity (Wildman–Crippen MR) is 59.1 cm³/mol. The number of thioether (sulfide) groups is 1. The van der Waals surface area contributed by atoms with Gasteiger partial charge in [-0.3, -0.25) is 4.79 Å². The Labute approximate surface area is 87.2 Å². The van der Waals surface area contributed by atoms with Crippen LogP contribution in [0.25, 0.3) is 0 Å². The van der Waals surface area contributed by atoms with Gasteiger partial charge >= 0.3 is 0 Å². The Kier molecular flexibility index (Phi) is 2.59. The highest BCUT2D eigenvalue weighted by atomic mass is 32.2. The summed E-state index contributed by atoms with van der Waals surface area (Å²) >= 11 is 1.56. The van der Waals surface area contributed by atoms with Gasteiger partial charge in [-0.2, -0.15) is 0 Å². The van der Waals surface area contributed by atoms with Crippen molar-refractivity contribution in [1.82, 2.24) is 0 Å². The van der Waals surface area contributed by atoms with E-state index in [0.29, 0.717) is 5.03 Å². The van der Waals surface area contributed by atoms with Gasteiger partial charge in [0.15, 0.2) is 5.78 Å². The molecule has 1 aliphatic heterocycles. The predicted octanol–water partition coefficient (Wildman–Crippen LogP) is 2.18. The second kappa shape index (κ2) is 3.88. The molecule has 3 heteroatoms. The molecule has 1 aromatic carbocycles. The Morgan fingerprint density at radius 2 is 2.00 bits per heavy atom. The first kappa shape index (κ1) is 9.34. The van der Waals surface area contributed by atoms with Crippen LogP contribution in [0, 0.1) is 0 Å². The van der Waals surface area contributed by atoms with Crippen LogP contribution >= 0.6 is 11.8 Å². The maximum atomic E-state index is 11.9. The van der Waals surface area contributed by atoms with Crippen LogP contribution in [0.2, 0.25) is 0 Å². The van der Waals surface area contributed by atoms with Gasteiger partial charge in [0.2, 0.25) is 0 Å². The molecular formula is C11H11NOS. The second-order valence-corrected chi connectivity index (χ2v) is 4.27. The number of ketones is 1. The number of allylic oxidation sites excluding steroid dienone is 1. The zero-order valence-corrected chi connectivity index (χ0v) is 8.51. The molecule has 0 aliphatic carbocycles. The molecule has 1 heterocycles. The maximum Gasteiger partial charge on any atom is 0.191 e. The molecule has 0 fully saturated rings. The van der Waals surface area contributed by atoms with Crippen molar-refractivity contribution in [3.63, 3.8) is 0 Å². The Morgan fingerprint density at radius 3 is 2.57 bits per heavy atom. The van der Waals surface area contributed by atoms with Gasteiger partial charge in [0.1, 0.15) is 0 Å². The fraction of sp³-hybridized carbons (Fsp3) is 0.182. The highest BCUT2D eigenvalue weighted by molar-refractivity contribution is 8.03. The largest absolute Gasteiger partial charge is 0.393 e. The van der Waals surface area contributed by atoms with Gasteiger partial charge in [0, 0.05) is 16.9 Å². The summed E-state index contributed by atoms with van der Waals surface area (Å²) in [4.78, 5) is 11.9. The fourth-order valence-electron chi connectivity index (χ4n) is 1.46. The van der Waals surface area contributed by atoms with E-state index >= 15 is 0 Å². The third-order valence-electron chi connectivity index (χ3n) is 2.22. The summed E-state index contributed by atoms with van der Waals surface area (Å²) < 4.78 is 0. The first-order valence-electron chi connectivity index (χ1n) is 4.50. The minimum atomic E-state index is 0.0769. The lowest BCUT2D eigenvalue weighted by Crippen LogP contribution is -2.06. The van der Waals surface area contributed by atoms with Crippen molar-refractivity contribution in [2.45, 2.75) is 6.42 Å². The van der Waals surface area contributed by atoms with E-state index in [0.717, 1.165) is 23.3 Å². The quantitative estimate of drug-likeness (QED) is 0.752. The molecule has 0 aromatic heterocycles. The van der Waals surface area contributed by atoms with Crippen LogP contribution in [0.1, 0.15) is 16.8 Å². The Morgan fingerprint density at radius 1 is 1.29 bits per heavy atom. The lowest BCUT2D eigenvalue weighted by Gasteiger charge is -2.01. The first-order valence-corrected chi connectivity index (χ1v) is 5.49. The number of benzene rings is 1. The minimum absolute atomic E-state index is 0.0769. The summed E-state index contributed by atoms with van der Waals surface area (Å²) in [5.41, 5.74) is 7.25. The highest BCUT2D eigenvalue weighted by Gasteiger charge is 2.20. The monoisotopic (exact) mass is 205 g/mol. The molecule has 1 aromatic rings. The summed E-state index contributed by atoms with van der Waals surface area (Å²) in [5.74, 6) is 1.01. The number of carbonyl (C=O) groups is 1. The third-order valence-corrected chi connectivity index (χ3v) is 3.18. The number of rotatable bonds is 2. The normalized spacial score (nSPS) is 16.0. The lowest BCUT2D eigenvalue weighted by molar-refractivity contribution is 0.103. The topological polar surface area (TPSA) is 43.1 Å². The van der Waals surface area contributed by atoms with E-state index < -0.39 is 0 Å². The second-order valence-electron chi connectivity index (χ2n) is 3.14. The summed E-state index contributed by atoms with van der Waals surface area (Å²) in [7, 11) is 0. The molecule has 0 saturated heterocycles. The summed E-state index contributed by atoms with van der Waals surface area (Å²) in [6.07, 6.45) is 0.796. The molecule has 2 nitrogen and oxygen atoms in total. The highest BCUT2D eigenvalue weighted by Crippen LogP contribution is 2.29. The van der Waals surface area contributed by atoms with Crippen molar-refractivity contribution in [3.05, 3.63) is 46.5 Å². The lowest BCUT2D eigenvalue weighted by atomic mass is 10.0. The van der Waals surface area contributed by atoms with Crippen molar-refractivity contribution in [1.29, 1.82) is 0 Å². The van der Waals surface area contributed by atoms with E-state index in [2.05, 4.69) is 0 Å². The molecule has 14 heavy (non-hydrogen) atoms. The van der Waals surface area contributed by atoms with Crippen LogP contribution in [0.4, 0.5) is 0 Å². The average molecular weight is 205 g/mol. The van der Waals surface area contributed by atoms with E-state index in [1.165, 1.54) is 0 Å². The zero-order valence-electron chi connectivity index (χ0n) is 7.69. The van der Waals surface area contributed by atoms with Gasteiger partial charge in [-0.25, -0.2) is 0 Å². The van der Waals surface area contributed by atoms with Crippen molar-refractivity contribution in [3.8, 4) is 0 Å².